The van der Waals surface area contributed by atoms with Crippen LogP contribution in [0.5, 0.6) is 11.5 Å². The van der Waals surface area contributed by atoms with Crippen LogP contribution in [0.2, 0.25) is 0 Å². The molecular weight excluding hydrogens is 411 g/mol. The number of ether oxygens (including phenoxy) is 2. The van der Waals surface area contributed by atoms with E-state index in [0.29, 0.717) is 35.2 Å². The van der Waals surface area contributed by atoms with Crippen molar-refractivity contribution < 1.29 is 23.2 Å². The maximum atomic E-state index is 13.4. The zero-order valence-electron chi connectivity index (χ0n) is 17.9. The van der Waals surface area contributed by atoms with Crippen molar-refractivity contribution in [3.8, 4) is 11.5 Å². The molecule has 6 nitrogen and oxygen atoms in total. The van der Waals surface area contributed by atoms with Gasteiger partial charge in [0.1, 0.15) is 5.82 Å². The first-order valence-corrected chi connectivity index (χ1v) is 10.6. The number of nitrogens with zero attached hydrogens (tertiary/aromatic N) is 2. The molecule has 2 heterocycles. The molecular formula is C25H31FN2O4. The summed E-state index contributed by atoms with van der Waals surface area (Å²) in [7, 11) is 1.57. The monoisotopic (exact) mass is 442 g/mol. The summed E-state index contributed by atoms with van der Waals surface area (Å²) in [6.07, 6.45) is 2.90. The highest BCUT2D eigenvalue weighted by atomic mass is 19.1. The van der Waals surface area contributed by atoms with Crippen LogP contribution in [0.15, 0.2) is 40.9 Å². The number of rotatable bonds is 8. The average molecular weight is 443 g/mol. The second-order valence-corrected chi connectivity index (χ2v) is 7.95. The van der Waals surface area contributed by atoms with Crippen LogP contribution in [0, 0.1) is 5.82 Å². The number of aromatic nitrogens is 1. The summed E-state index contributed by atoms with van der Waals surface area (Å²) in [6.45, 7) is 5.03. The summed E-state index contributed by atoms with van der Waals surface area (Å²) in [6, 6.07) is 9.87. The standard InChI is InChI=1S/C24H27FN2O4.CH4/c1-16(28)18-4-7-21(23(14-18)29-2)30-13-3-10-27-11-8-17(9-12-27)24-20-6-5-19(25)15-22(20)31-26-24;/h4-7,14-15,17H,3,8-13H2,1-2H3;1H4. The maximum Gasteiger partial charge on any atom is 0.170 e. The van der Waals surface area contributed by atoms with Crippen molar-refractivity contribution in [2.45, 2.75) is 39.5 Å². The molecule has 0 bridgehead atoms. The molecule has 2 aromatic carbocycles. The molecule has 32 heavy (non-hydrogen) atoms. The minimum atomic E-state index is -0.306. The van der Waals surface area contributed by atoms with E-state index >= 15 is 0 Å². The Labute approximate surface area is 188 Å². The smallest absolute Gasteiger partial charge is 0.170 e. The molecule has 0 saturated carbocycles. The van der Waals surface area contributed by atoms with E-state index in [1.807, 2.05) is 0 Å². The predicted molar refractivity (Wildman–Crippen MR) is 122 cm³/mol. The van der Waals surface area contributed by atoms with E-state index < -0.39 is 0 Å². The normalized spacial score (nSPS) is 14.8. The highest BCUT2D eigenvalue weighted by Gasteiger charge is 2.25. The van der Waals surface area contributed by atoms with Gasteiger partial charge in [-0.3, -0.25) is 4.79 Å². The summed E-state index contributed by atoms with van der Waals surface area (Å²) in [5, 5.41) is 5.13. The molecule has 4 rings (SSSR count). The Kier molecular flexibility index (Phi) is 7.85. The topological polar surface area (TPSA) is 64.8 Å². The molecule has 0 atom stereocenters. The maximum absolute atomic E-state index is 13.4. The second-order valence-electron chi connectivity index (χ2n) is 7.95. The Hall–Kier alpha value is -2.93. The van der Waals surface area contributed by atoms with Crippen molar-refractivity contribution in [1.82, 2.24) is 10.1 Å². The van der Waals surface area contributed by atoms with Gasteiger partial charge in [-0.25, -0.2) is 4.39 Å². The van der Waals surface area contributed by atoms with Crippen molar-refractivity contribution in [2.24, 2.45) is 0 Å². The van der Waals surface area contributed by atoms with E-state index in [4.69, 9.17) is 14.0 Å². The second kappa shape index (κ2) is 10.6. The lowest BCUT2D eigenvalue weighted by Crippen LogP contribution is -2.34. The SMILES string of the molecule is C.COc1cc(C(C)=O)ccc1OCCCN1CCC(c2noc3cc(F)ccc23)CC1. The zero-order chi connectivity index (χ0) is 21.8. The van der Waals surface area contributed by atoms with Crippen LogP contribution in [0.4, 0.5) is 4.39 Å². The molecule has 0 radical (unpaired) electrons. The number of methoxy groups -OCH3 is 1. The molecule has 0 unspecified atom stereocenters. The number of ketones is 1. The molecule has 0 N–H and O–H groups in total. The molecule has 172 valence electrons. The molecule has 1 aliphatic heterocycles. The Morgan fingerprint density at radius 2 is 1.97 bits per heavy atom. The van der Waals surface area contributed by atoms with E-state index in [0.717, 1.165) is 50.0 Å². The van der Waals surface area contributed by atoms with Gasteiger partial charge in [0.15, 0.2) is 22.9 Å². The first-order valence-electron chi connectivity index (χ1n) is 10.6. The lowest BCUT2D eigenvalue weighted by Gasteiger charge is -2.31. The van der Waals surface area contributed by atoms with Gasteiger partial charge in [-0.15, -0.1) is 0 Å². The van der Waals surface area contributed by atoms with Gasteiger partial charge in [0.2, 0.25) is 0 Å². The molecule has 0 spiro atoms. The quantitative estimate of drug-likeness (QED) is 0.341. The lowest BCUT2D eigenvalue weighted by atomic mass is 9.91. The molecule has 1 fully saturated rings. The third kappa shape index (κ3) is 5.27. The number of fused-ring (bicyclic) bond motifs is 1. The molecule has 0 aliphatic carbocycles. The first-order chi connectivity index (χ1) is 15.0. The summed E-state index contributed by atoms with van der Waals surface area (Å²) in [4.78, 5) is 13.9. The zero-order valence-corrected chi connectivity index (χ0v) is 17.9. The fourth-order valence-corrected chi connectivity index (χ4v) is 4.13. The largest absolute Gasteiger partial charge is 0.493 e. The van der Waals surface area contributed by atoms with Crippen molar-refractivity contribution in [2.75, 3.05) is 33.4 Å². The predicted octanol–water partition coefficient (Wildman–Crippen LogP) is 5.46. The van der Waals surface area contributed by atoms with Crippen molar-refractivity contribution in [3.63, 3.8) is 0 Å². The van der Waals surface area contributed by atoms with Crippen LogP contribution < -0.4 is 9.47 Å². The summed E-state index contributed by atoms with van der Waals surface area (Å²) in [5.41, 5.74) is 2.07. The van der Waals surface area contributed by atoms with Gasteiger partial charge in [0.05, 0.1) is 19.4 Å². The Morgan fingerprint density at radius 1 is 1.19 bits per heavy atom. The molecule has 3 aromatic rings. The summed E-state index contributed by atoms with van der Waals surface area (Å²) in [5.74, 6) is 1.26. The van der Waals surface area contributed by atoms with Crippen molar-refractivity contribution in [3.05, 3.63) is 53.5 Å². The van der Waals surface area contributed by atoms with E-state index in [1.165, 1.54) is 19.1 Å². The highest BCUT2D eigenvalue weighted by molar-refractivity contribution is 5.94. The number of likely N-dealkylation sites (tertiary alicyclic amines) is 1. The van der Waals surface area contributed by atoms with Gasteiger partial charge in [0, 0.05) is 29.5 Å². The van der Waals surface area contributed by atoms with Gasteiger partial charge in [-0.2, -0.15) is 0 Å². The van der Waals surface area contributed by atoms with Crippen LogP contribution in [0.25, 0.3) is 11.0 Å². The number of halogens is 1. The minimum Gasteiger partial charge on any atom is -0.493 e. The fraction of sp³-hybridized carbons (Fsp3) is 0.440. The number of carbonyl (C=O) groups is 1. The summed E-state index contributed by atoms with van der Waals surface area (Å²) < 4.78 is 29.9. The van der Waals surface area contributed by atoms with E-state index in [-0.39, 0.29) is 19.0 Å². The van der Waals surface area contributed by atoms with Gasteiger partial charge < -0.3 is 18.9 Å². The van der Waals surface area contributed by atoms with E-state index in [9.17, 15) is 9.18 Å². The van der Waals surface area contributed by atoms with Crippen LogP contribution in [0.1, 0.15) is 55.6 Å². The number of benzene rings is 2. The molecule has 1 aliphatic rings. The molecule has 1 saturated heterocycles. The van der Waals surface area contributed by atoms with Gasteiger partial charge in [0.25, 0.3) is 0 Å². The van der Waals surface area contributed by atoms with Crippen LogP contribution in [-0.2, 0) is 0 Å². The van der Waals surface area contributed by atoms with Gasteiger partial charge in [-0.05, 0) is 69.6 Å². The highest BCUT2D eigenvalue weighted by Crippen LogP contribution is 2.33. The van der Waals surface area contributed by atoms with Gasteiger partial charge >= 0.3 is 0 Å². The van der Waals surface area contributed by atoms with Crippen LogP contribution >= 0.6 is 0 Å². The van der Waals surface area contributed by atoms with Gasteiger partial charge in [-0.1, -0.05) is 12.6 Å². The number of hydrogen-bond acceptors (Lipinski definition) is 6. The Balaban J connectivity index is 0.00000289. The molecule has 7 heteroatoms. The number of Topliss-reactive ketones (excluding diaryl/α,β-unsaturated/α-hetero) is 1. The van der Waals surface area contributed by atoms with Crippen molar-refractivity contribution in [1.29, 1.82) is 0 Å². The summed E-state index contributed by atoms with van der Waals surface area (Å²) >= 11 is 0. The number of piperidine rings is 1. The van der Waals surface area contributed by atoms with Crippen LogP contribution in [-0.4, -0.2) is 49.2 Å². The fourth-order valence-electron chi connectivity index (χ4n) is 4.13. The van der Waals surface area contributed by atoms with E-state index in [2.05, 4.69) is 10.1 Å². The van der Waals surface area contributed by atoms with Crippen molar-refractivity contribution >= 4 is 16.8 Å². The Bertz CT molecular complexity index is 1060. The van der Waals surface area contributed by atoms with Crippen LogP contribution in [0.3, 0.4) is 0 Å². The Morgan fingerprint density at radius 3 is 2.69 bits per heavy atom. The molecule has 0 amide bonds. The third-order valence-corrected chi connectivity index (χ3v) is 5.88. The third-order valence-electron chi connectivity index (χ3n) is 5.88. The molecule has 1 aromatic heterocycles. The number of carbonyl (C=O) groups excluding carboxylic acids is 1. The minimum absolute atomic E-state index is 0. The van der Waals surface area contributed by atoms with E-state index in [1.54, 1.807) is 31.4 Å². The first kappa shape index (κ1) is 23.7. The number of hydrogen-bond donors (Lipinski definition) is 0. The average Bonchev–Trinajstić information content (AvgIpc) is 3.20. The lowest BCUT2D eigenvalue weighted by molar-refractivity contribution is 0.101.